The summed E-state index contributed by atoms with van der Waals surface area (Å²) in [4.78, 5) is 25.7. The molecule has 0 heterocycles. The second-order valence-electron chi connectivity index (χ2n) is 5.04. The summed E-state index contributed by atoms with van der Waals surface area (Å²) in [5.41, 5.74) is 0.698. The van der Waals surface area contributed by atoms with Crippen LogP contribution >= 0.6 is 0 Å². The van der Waals surface area contributed by atoms with E-state index in [4.69, 9.17) is 0 Å². The summed E-state index contributed by atoms with van der Waals surface area (Å²) in [5, 5.41) is 5.46. The van der Waals surface area contributed by atoms with Crippen LogP contribution in [0.5, 0.6) is 0 Å². The van der Waals surface area contributed by atoms with Crippen LogP contribution in [0.3, 0.4) is 0 Å². The molecule has 2 N–H and O–H groups in total. The molecule has 0 aliphatic heterocycles. The van der Waals surface area contributed by atoms with Gasteiger partial charge in [-0.15, -0.1) is 0 Å². The molecule has 0 saturated carbocycles. The van der Waals surface area contributed by atoms with Gasteiger partial charge in [0.2, 0.25) is 5.91 Å². The second kappa shape index (κ2) is 7.53. The normalized spacial score (nSPS) is 11.8. The van der Waals surface area contributed by atoms with Crippen molar-refractivity contribution >= 4 is 17.6 Å². The average molecular weight is 277 g/mol. The molecule has 1 atom stereocenters. The SMILES string of the molecule is CCN(C)C(=O)C(NC(=O)Nc1ccccc1)C(C)C. The average Bonchev–Trinajstić information content (AvgIpc) is 2.44. The molecule has 110 valence electrons. The molecular weight excluding hydrogens is 254 g/mol. The van der Waals surface area contributed by atoms with Gasteiger partial charge in [-0.2, -0.15) is 0 Å². The summed E-state index contributed by atoms with van der Waals surface area (Å²) in [6, 6.07) is 8.25. The highest BCUT2D eigenvalue weighted by molar-refractivity contribution is 5.93. The fraction of sp³-hybridized carbons (Fsp3) is 0.467. The first-order valence-electron chi connectivity index (χ1n) is 6.83. The standard InChI is InChI=1S/C15H23N3O2/c1-5-18(4)14(19)13(11(2)3)17-15(20)16-12-9-7-6-8-10-12/h6-11,13H,5H2,1-4H3,(H2,16,17,20). The van der Waals surface area contributed by atoms with Crippen molar-refractivity contribution in [3.8, 4) is 0 Å². The molecule has 5 heteroatoms. The zero-order valence-electron chi connectivity index (χ0n) is 12.5. The van der Waals surface area contributed by atoms with Crippen LogP contribution in [0, 0.1) is 5.92 Å². The Morgan fingerprint density at radius 3 is 2.30 bits per heavy atom. The monoisotopic (exact) mass is 277 g/mol. The van der Waals surface area contributed by atoms with Gasteiger partial charge in [-0.3, -0.25) is 4.79 Å². The van der Waals surface area contributed by atoms with Crippen LogP contribution < -0.4 is 10.6 Å². The Kier molecular flexibility index (Phi) is 6.03. The van der Waals surface area contributed by atoms with Crippen LogP contribution in [0.4, 0.5) is 10.5 Å². The molecular formula is C15H23N3O2. The molecule has 1 unspecified atom stereocenters. The maximum atomic E-state index is 12.2. The highest BCUT2D eigenvalue weighted by atomic mass is 16.2. The topological polar surface area (TPSA) is 61.4 Å². The van der Waals surface area contributed by atoms with Crippen molar-refractivity contribution in [2.24, 2.45) is 5.92 Å². The number of hydrogen-bond acceptors (Lipinski definition) is 2. The highest BCUT2D eigenvalue weighted by Crippen LogP contribution is 2.08. The molecule has 0 bridgehead atoms. The number of urea groups is 1. The Bertz CT molecular complexity index is 446. The number of likely N-dealkylation sites (N-methyl/N-ethyl adjacent to an activating group) is 1. The molecule has 20 heavy (non-hydrogen) atoms. The lowest BCUT2D eigenvalue weighted by atomic mass is 10.0. The smallest absolute Gasteiger partial charge is 0.319 e. The van der Waals surface area contributed by atoms with E-state index < -0.39 is 6.04 Å². The zero-order valence-corrected chi connectivity index (χ0v) is 12.5. The number of nitrogens with one attached hydrogen (secondary N) is 2. The number of carbonyl (C=O) groups is 2. The van der Waals surface area contributed by atoms with E-state index >= 15 is 0 Å². The van der Waals surface area contributed by atoms with E-state index in [1.54, 1.807) is 24.1 Å². The summed E-state index contributed by atoms with van der Waals surface area (Å²) in [5.74, 6) is -0.0521. The maximum absolute atomic E-state index is 12.2. The van der Waals surface area contributed by atoms with E-state index in [1.165, 1.54) is 0 Å². The Morgan fingerprint density at radius 2 is 1.80 bits per heavy atom. The first kappa shape index (κ1) is 16.0. The van der Waals surface area contributed by atoms with Crippen molar-refractivity contribution in [2.45, 2.75) is 26.8 Å². The Morgan fingerprint density at radius 1 is 1.20 bits per heavy atom. The molecule has 3 amide bonds. The van der Waals surface area contributed by atoms with Crippen molar-refractivity contribution in [1.29, 1.82) is 0 Å². The molecule has 0 saturated heterocycles. The number of anilines is 1. The first-order valence-corrected chi connectivity index (χ1v) is 6.83. The van der Waals surface area contributed by atoms with Gasteiger partial charge in [0.05, 0.1) is 0 Å². The van der Waals surface area contributed by atoms with Crippen molar-refractivity contribution in [3.05, 3.63) is 30.3 Å². The molecule has 1 aromatic rings. The summed E-state index contributed by atoms with van der Waals surface area (Å²) in [7, 11) is 1.73. The molecule has 0 radical (unpaired) electrons. The zero-order chi connectivity index (χ0) is 15.1. The van der Waals surface area contributed by atoms with Gasteiger partial charge < -0.3 is 15.5 Å². The van der Waals surface area contributed by atoms with Crippen molar-refractivity contribution in [1.82, 2.24) is 10.2 Å². The van der Waals surface area contributed by atoms with Gasteiger partial charge >= 0.3 is 6.03 Å². The Hall–Kier alpha value is -2.04. The lowest BCUT2D eigenvalue weighted by molar-refractivity contribution is -0.132. The third kappa shape index (κ3) is 4.57. The summed E-state index contributed by atoms with van der Waals surface area (Å²) >= 11 is 0. The second-order valence-corrected chi connectivity index (χ2v) is 5.04. The number of amides is 3. The van der Waals surface area contributed by atoms with Crippen LogP contribution in [-0.4, -0.2) is 36.5 Å². The van der Waals surface area contributed by atoms with Crippen LogP contribution in [-0.2, 0) is 4.79 Å². The summed E-state index contributed by atoms with van der Waals surface area (Å²) in [6.45, 7) is 6.34. The third-order valence-corrected chi connectivity index (χ3v) is 3.10. The van der Waals surface area contributed by atoms with E-state index in [2.05, 4.69) is 10.6 Å². The number of nitrogens with zero attached hydrogens (tertiary/aromatic N) is 1. The minimum Gasteiger partial charge on any atom is -0.344 e. The lowest BCUT2D eigenvalue weighted by Crippen LogP contribution is -2.51. The fourth-order valence-electron chi connectivity index (χ4n) is 1.74. The van der Waals surface area contributed by atoms with Crippen LogP contribution in [0.25, 0.3) is 0 Å². The number of para-hydroxylation sites is 1. The molecule has 5 nitrogen and oxygen atoms in total. The molecule has 1 aromatic carbocycles. The van der Waals surface area contributed by atoms with E-state index in [0.717, 1.165) is 0 Å². The van der Waals surface area contributed by atoms with E-state index in [1.807, 2.05) is 39.0 Å². The van der Waals surface area contributed by atoms with E-state index in [9.17, 15) is 9.59 Å². The highest BCUT2D eigenvalue weighted by Gasteiger charge is 2.26. The maximum Gasteiger partial charge on any atom is 0.319 e. The Labute approximate surface area is 120 Å². The van der Waals surface area contributed by atoms with Crippen molar-refractivity contribution in [2.75, 3.05) is 18.9 Å². The number of benzene rings is 1. The molecule has 0 spiro atoms. The summed E-state index contributed by atoms with van der Waals surface area (Å²) < 4.78 is 0. The van der Waals surface area contributed by atoms with Crippen LogP contribution in [0.2, 0.25) is 0 Å². The number of hydrogen-bond donors (Lipinski definition) is 2. The van der Waals surface area contributed by atoms with Crippen molar-refractivity contribution < 1.29 is 9.59 Å². The van der Waals surface area contributed by atoms with E-state index in [0.29, 0.717) is 12.2 Å². The predicted molar refractivity (Wildman–Crippen MR) is 80.5 cm³/mol. The quantitative estimate of drug-likeness (QED) is 0.867. The van der Waals surface area contributed by atoms with E-state index in [-0.39, 0.29) is 17.9 Å². The Balaban J connectivity index is 2.66. The molecule has 0 fully saturated rings. The molecule has 0 aromatic heterocycles. The van der Waals surface area contributed by atoms with Crippen LogP contribution in [0.15, 0.2) is 30.3 Å². The molecule has 0 aliphatic rings. The summed E-state index contributed by atoms with van der Waals surface area (Å²) in [6.07, 6.45) is 0. The fourth-order valence-corrected chi connectivity index (χ4v) is 1.74. The largest absolute Gasteiger partial charge is 0.344 e. The van der Waals surface area contributed by atoms with Gasteiger partial charge in [-0.1, -0.05) is 32.0 Å². The minimum atomic E-state index is -0.524. The van der Waals surface area contributed by atoms with Crippen molar-refractivity contribution in [3.63, 3.8) is 0 Å². The first-order chi connectivity index (χ1) is 9.45. The predicted octanol–water partition coefficient (Wildman–Crippen LogP) is 2.31. The molecule has 1 rings (SSSR count). The third-order valence-electron chi connectivity index (χ3n) is 3.10. The van der Waals surface area contributed by atoms with Gasteiger partial charge in [-0.05, 0) is 25.0 Å². The van der Waals surface area contributed by atoms with Gasteiger partial charge in [-0.25, -0.2) is 4.79 Å². The lowest BCUT2D eigenvalue weighted by Gasteiger charge is -2.26. The van der Waals surface area contributed by atoms with Gasteiger partial charge in [0.15, 0.2) is 0 Å². The van der Waals surface area contributed by atoms with Crippen LogP contribution in [0.1, 0.15) is 20.8 Å². The molecule has 0 aliphatic carbocycles. The van der Waals surface area contributed by atoms with Gasteiger partial charge in [0.25, 0.3) is 0 Å². The number of rotatable bonds is 5. The number of carbonyl (C=O) groups excluding carboxylic acids is 2. The minimum absolute atomic E-state index is 0.0259. The van der Waals surface area contributed by atoms with Gasteiger partial charge in [0, 0.05) is 19.3 Å². The van der Waals surface area contributed by atoms with Gasteiger partial charge in [0.1, 0.15) is 6.04 Å².